The second-order valence-electron chi connectivity index (χ2n) is 5.51. The normalized spacial score (nSPS) is 13.8. The van der Waals surface area contributed by atoms with Crippen molar-refractivity contribution in [2.75, 3.05) is 0 Å². The molecular formula is C16H18ClN3. The molecule has 104 valence electrons. The van der Waals surface area contributed by atoms with Crippen molar-refractivity contribution in [1.82, 2.24) is 15.3 Å². The van der Waals surface area contributed by atoms with Crippen LogP contribution in [-0.4, -0.2) is 9.97 Å². The summed E-state index contributed by atoms with van der Waals surface area (Å²) in [5.74, 6) is 1.33. The molecular weight excluding hydrogens is 270 g/mol. The minimum atomic E-state index is 0.426. The van der Waals surface area contributed by atoms with Crippen LogP contribution in [0, 0.1) is 0 Å². The molecule has 0 aliphatic carbocycles. The van der Waals surface area contributed by atoms with E-state index in [0.29, 0.717) is 5.92 Å². The van der Waals surface area contributed by atoms with E-state index in [1.807, 2.05) is 24.3 Å². The van der Waals surface area contributed by atoms with Gasteiger partial charge in [-0.1, -0.05) is 37.6 Å². The van der Waals surface area contributed by atoms with Crippen LogP contribution < -0.4 is 5.32 Å². The summed E-state index contributed by atoms with van der Waals surface area (Å²) in [4.78, 5) is 9.48. The largest absolute Gasteiger partial charge is 0.307 e. The molecule has 1 aromatic heterocycles. The van der Waals surface area contributed by atoms with Crippen LogP contribution in [0.1, 0.15) is 48.1 Å². The first-order valence-electron chi connectivity index (χ1n) is 6.97. The summed E-state index contributed by atoms with van der Waals surface area (Å²) >= 11 is 5.92. The van der Waals surface area contributed by atoms with Gasteiger partial charge in [0.25, 0.3) is 0 Å². The second kappa shape index (κ2) is 5.51. The van der Waals surface area contributed by atoms with Gasteiger partial charge in [-0.2, -0.15) is 0 Å². The van der Waals surface area contributed by atoms with Crippen molar-refractivity contribution in [2.24, 2.45) is 0 Å². The number of aromatic nitrogens is 2. The fourth-order valence-electron chi connectivity index (χ4n) is 2.59. The Balaban J connectivity index is 1.94. The van der Waals surface area contributed by atoms with Crippen molar-refractivity contribution in [2.45, 2.75) is 39.3 Å². The number of halogens is 1. The lowest BCUT2D eigenvalue weighted by molar-refractivity contribution is 0.745. The molecule has 0 unspecified atom stereocenters. The van der Waals surface area contributed by atoms with Gasteiger partial charge in [0.15, 0.2) is 0 Å². The monoisotopic (exact) mass is 287 g/mol. The van der Waals surface area contributed by atoms with Crippen LogP contribution in [0.15, 0.2) is 24.3 Å². The fraction of sp³-hybridized carbons (Fsp3) is 0.375. The van der Waals surface area contributed by atoms with Crippen LogP contribution in [-0.2, 0) is 19.5 Å². The van der Waals surface area contributed by atoms with Crippen molar-refractivity contribution < 1.29 is 0 Å². The third-order valence-corrected chi connectivity index (χ3v) is 3.84. The molecule has 0 amide bonds. The molecule has 1 N–H and O–H groups in total. The highest BCUT2D eigenvalue weighted by atomic mass is 35.5. The van der Waals surface area contributed by atoms with Gasteiger partial charge in [0.2, 0.25) is 0 Å². The highest BCUT2D eigenvalue weighted by Crippen LogP contribution is 2.24. The lowest BCUT2D eigenvalue weighted by Gasteiger charge is -2.12. The average molecular weight is 288 g/mol. The Hall–Kier alpha value is -1.45. The van der Waals surface area contributed by atoms with Crippen molar-refractivity contribution in [3.63, 3.8) is 0 Å². The number of rotatable bonds is 3. The predicted molar refractivity (Wildman–Crippen MR) is 80.9 cm³/mol. The molecule has 0 saturated carbocycles. The van der Waals surface area contributed by atoms with Gasteiger partial charge < -0.3 is 5.32 Å². The van der Waals surface area contributed by atoms with Gasteiger partial charge in [-0.15, -0.1) is 0 Å². The standard InChI is InChI=1S/C16H18ClN3/c1-10(2)16-13-8-18-9-14(13)19-15(20-16)7-11-3-5-12(17)6-4-11/h3-6,10,18H,7-9H2,1-2H3. The van der Waals surface area contributed by atoms with Crippen LogP contribution >= 0.6 is 11.6 Å². The number of benzene rings is 1. The van der Waals surface area contributed by atoms with Gasteiger partial charge in [0.05, 0.1) is 11.4 Å². The van der Waals surface area contributed by atoms with Gasteiger partial charge in [0.1, 0.15) is 5.82 Å². The minimum Gasteiger partial charge on any atom is -0.307 e. The Morgan fingerprint density at radius 1 is 1.15 bits per heavy atom. The summed E-state index contributed by atoms with van der Waals surface area (Å²) in [5.41, 5.74) is 4.83. The highest BCUT2D eigenvalue weighted by molar-refractivity contribution is 6.30. The molecule has 0 bridgehead atoms. The second-order valence-corrected chi connectivity index (χ2v) is 5.95. The minimum absolute atomic E-state index is 0.426. The molecule has 0 spiro atoms. The van der Waals surface area contributed by atoms with E-state index in [9.17, 15) is 0 Å². The Morgan fingerprint density at radius 3 is 2.60 bits per heavy atom. The van der Waals surface area contributed by atoms with Crippen molar-refractivity contribution in [1.29, 1.82) is 0 Å². The maximum absolute atomic E-state index is 5.92. The molecule has 1 aliphatic rings. The zero-order valence-corrected chi connectivity index (χ0v) is 12.5. The van der Waals surface area contributed by atoms with Crippen molar-refractivity contribution in [3.8, 4) is 0 Å². The third-order valence-electron chi connectivity index (χ3n) is 3.59. The maximum atomic E-state index is 5.92. The molecule has 0 fully saturated rings. The van der Waals surface area contributed by atoms with Crippen LogP contribution in [0.2, 0.25) is 5.02 Å². The van der Waals surface area contributed by atoms with E-state index < -0.39 is 0 Å². The molecule has 3 rings (SSSR count). The van der Waals surface area contributed by atoms with Crippen LogP contribution in [0.5, 0.6) is 0 Å². The molecule has 3 nitrogen and oxygen atoms in total. The Kier molecular flexibility index (Phi) is 3.72. The summed E-state index contributed by atoms with van der Waals surface area (Å²) in [6.07, 6.45) is 0.754. The molecule has 0 radical (unpaired) electrons. The van der Waals surface area contributed by atoms with E-state index in [1.54, 1.807) is 0 Å². The molecule has 0 atom stereocenters. The van der Waals surface area contributed by atoms with E-state index in [-0.39, 0.29) is 0 Å². The smallest absolute Gasteiger partial charge is 0.133 e. The maximum Gasteiger partial charge on any atom is 0.133 e. The summed E-state index contributed by atoms with van der Waals surface area (Å²) in [7, 11) is 0. The SMILES string of the molecule is CC(C)c1nc(Cc2ccc(Cl)cc2)nc2c1CNC2. The lowest BCUT2D eigenvalue weighted by atomic mass is 10.0. The number of hydrogen-bond acceptors (Lipinski definition) is 3. The van der Waals surface area contributed by atoms with Crippen LogP contribution in [0.3, 0.4) is 0 Å². The summed E-state index contributed by atoms with van der Waals surface area (Å²) in [5, 5.41) is 4.12. The Morgan fingerprint density at radius 2 is 1.90 bits per heavy atom. The molecule has 2 heterocycles. The lowest BCUT2D eigenvalue weighted by Crippen LogP contribution is -2.08. The molecule has 0 saturated heterocycles. The predicted octanol–water partition coefficient (Wildman–Crippen LogP) is 3.45. The number of nitrogens with zero attached hydrogens (tertiary/aromatic N) is 2. The molecule has 1 aliphatic heterocycles. The van der Waals surface area contributed by atoms with E-state index >= 15 is 0 Å². The zero-order valence-electron chi connectivity index (χ0n) is 11.8. The average Bonchev–Trinajstić information content (AvgIpc) is 2.88. The fourth-order valence-corrected chi connectivity index (χ4v) is 2.71. The van der Waals surface area contributed by atoms with Crippen molar-refractivity contribution >= 4 is 11.6 Å². The third kappa shape index (κ3) is 2.69. The molecule has 2 aromatic rings. The van der Waals surface area contributed by atoms with E-state index in [4.69, 9.17) is 21.6 Å². The highest BCUT2D eigenvalue weighted by Gasteiger charge is 2.20. The topological polar surface area (TPSA) is 37.8 Å². The van der Waals surface area contributed by atoms with Crippen LogP contribution in [0.4, 0.5) is 0 Å². The first-order chi connectivity index (χ1) is 9.63. The summed E-state index contributed by atoms with van der Waals surface area (Å²) in [6, 6.07) is 7.89. The molecule has 4 heteroatoms. The first kappa shape index (κ1) is 13.5. The molecule has 20 heavy (non-hydrogen) atoms. The number of hydrogen-bond donors (Lipinski definition) is 1. The first-order valence-corrected chi connectivity index (χ1v) is 7.35. The van der Waals surface area contributed by atoms with E-state index in [2.05, 4.69) is 19.2 Å². The Bertz CT molecular complexity index is 620. The quantitative estimate of drug-likeness (QED) is 0.939. The van der Waals surface area contributed by atoms with Gasteiger partial charge >= 0.3 is 0 Å². The van der Waals surface area contributed by atoms with Crippen molar-refractivity contribution in [3.05, 3.63) is 57.6 Å². The summed E-state index contributed by atoms with van der Waals surface area (Å²) in [6.45, 7) is 6.12. The molecule has 1 aromatic carbocycles. The van der Waals surface area contributed by atoms with Gasteiger partial charge in [0, 0.05) is 30.1 Å². The van der Waals surface area contributed by atoms with E-state index in [0.717, 1.165) is 36.1 Å². The van der Waals surface area contributed by atoms with Gasteiger partial charge in [-0.25, -0.2) is 9.97 Å². The van der Waals surface area contributed by atoms with Gasteiger partial charge in [-0.05, 0) is 23.6 Å². The van der Waals surface area contributed by atoms with E-state index in [1.165, 1.54) is 16.8 Å². The zero-order chi connectivity index (χ0) is 14.1. The number of nitrogens with one attached hydrogen (secondary N) is 1. The number of fused-ring (bicyclic) bond motifs is 1. The van der Waals surface area contributed by atoms with Gasteiger partial charge in [-0.3, -0.25) is 0 Å². The Labute approximate surface area is 124 Å². The van der Waals surface area contributed by atoms with Crippen LogP contribution in [0.25, 0.3) is 0 Å². The summed E-state index contributed by atoms with van der Waals surface area (Å²) < 4.78 is 0.